The minimum atomic E-state index is -0.0800. The topological polar surface area (TPSA) is 88.8 Å². The van der Waals surface area contributed by atoms with Gasteiger partial charge in [-0.2, -0.15) is 9.78 Å². The molecule has 3 rings (SSSR count). The number of anilines is 1. The van der Waals surface area contributed by atoms with Crippen LogP contribution in [0.5, 0.6) is 5.88 Å². The highest BCUT2D eigenvalue weighted by Crippen LogP contribution is 2.40. The molecule has 6 nitrogen and oxygen atoms in total. The molecule has 134 valence electrons. The van der Waals surface area contributed by atoms with Crippen LogP contribution in [-0.4, -0.2) is 14.9 Å². The molecule has 7 heteroatoms. The number of hydrogen-bond donors (Lipinski definition) is 2. The fraction of sp³-hybridized carbons (Fsp3) is 0.211. The van der Waals surface area contributed by atoms with Crippen LogP contribution in [0, 0.1) is 27.7 Å². The van der Waals surface area contributed by atoms with E-state index < -0.39 is 0 Å². The minimum Gasteiger partial charge on any atom is -0.492 e. The van der Waals surface area contributed by atoms with Crippen molar-refractivity contribution >= 4 is 28.7 Å². The first-order chi connectivity index (χ1) is 12.3. The Morgan fingerprint density at radius 2 is 1.58 bits per heavy atom. The molecule has 0 aliphatic heterocycles. The first-order valence-corrected chi connectivity index (χ1v) is 8.51. The van der Waals surface area contributed by atoms with E-state index >= 15 is 0 Å². The van der Waals surface area contributed by atoms with Gasteiger partial charge in [-0.3, -0.25) is 0 Å². The summed E-state index contributed by atoms with van der Waals surface area (Å²) in [4.78, 5) is 0. The number of para-hydroxylation sites is 1. The normalized spacial score (nSPS) is 11.4. The van der Waals surface area contributed by atoms with E-state index in [0.717, 1.165) is 22.4 Å². The van der Waals surface area contributed by atoms with Crippen molar-refractivity contribution in [2.45, 2.75) is 27.7 Å². The maximum absolute atomic E-state index is 10.5. The van der Waals surface area contributed by atoms with E-state index in [1.807, 2.05) is 51.1 Å². The molecule has 0 aliphatic carbocycles. The van der Waals surface area contributed by atoms with Gasteiger partial charge in [0.25, 0.3) is 0 Å². The summed E-state index contributed by atoms with van der Waals surface area (Å²) in [6.07, 6.45) is 0. The van der Waals surface area contributed by atoms with Crippen molar-refractivity contribution in [3.63, 3.8) is 0 Å². The van der Waals surface area contributed by atoms with Gasteiger partial charge in [0.1, 0.15) is 5.69 Å². The molecule has 3 aromatic rings. The molecule has 0 atom stereocenters. The second kappa shape index (κ2) is 6.80. The van der Waals surface area contributed by atoms with Gasteiger partial charge < -0.3 is 10.8 Å². The van der Waals surface area contributed by atoms with Gasteiger partial charge in [0, 0.05) is 0 Å². The van der Waals surface area contributed by atoms with Crippen molar-refractivity contribution in [1.82, 2.24) is 9.78 Å². The highest BCUT2D eigenvalue weighted by molar-refractivity contribution is 6.34. The lowest BCUT2D eigenvalue weighted by atomic mass is 10.0. The smallest absolute Gasteiger partial charge is 0.243 e. The Kier molecular flexibility index (Phi) is 4.70. The number of nitrogens with two attached hydrogens (primary N) is 1. The zero-order valence-electron chi connectivity index (χ0n) is 15.1. The SMILES string of the molecule is Cc1nn(-c2ccccc2)c(O)c1N=Nc1c(C)c(C)c(C)c(Cl)c1N. The van der Waals surface area contributed by atoms with E-state index in [1.54, 1.807) is 6.92 Å². The fourth-order valence-electron chi connectivity index (χ4n) is 2.73. The molecular formula is C19H20ClN5O. The van der Waals surface area contributed by atoms with Crippen molar-refractivity contribution in [2.24, 2.45) is 10.2 Å². The van der Waals surface area contributed by atoms with E-state index in [2.05, 4.69) is 15.3 Å². The van der Waals surface area contributed by atoms with Crippen LogP contribution in [0.15, 0.2) is 40.6 Å². The summed E-state index contributed by atoms with van der Waals surface area (Å²) >= 11 is 6.30. The summed E-state index contributed by atoms with van der Waals surface area (Å²) in [5.41, 5.74) is 11.4. The number of nitrogens with zero attached hydrogens (tertiary/aromatic N) is 4. The summed E-state index contributed by atoms with van der Waals surface area (Å²) in [7, 11) is 0. The zero-order valence-corrected chi connectivity index (χ0v) is 15.8. The first-order valence-electron chi connectivity index (χ1n) is 8.13. The van der Waals surface area contributed by atoms with Crippen molar-refractivity contribution in [1.29, 1.82) is 0 Å². The highest BCUT2D eigenvalue weighted by Gasteiger charge is 2.17. The van der Waals surface area contributed by atoms with Crippen molar-refractivity contribution in [2.75, 3.05) is 5.73 Å². The van der Waals surface area contributed by atoms with E-state index in [4.69, 9.17) is 17.3 Å². The van der Waals surface area contributed by atoms with Crippen LogP contribution >= 0.6 is 11.6 Å². The Bertz CT molecular complexity index is 980. The first kappa shape index (κ1) is 17.9. The quantitative estimate of drug-likeness (QED) is 0.474. The van der Waals surface area contributed by atoms with Crippen LogP contribution < -0.4 is 5.73 Å². The standard InChI is InChI=1S/C19H20ClN5O/c1-10-11(2)15(20)16(21)17(12(10)3)22-23-18-13(4)24-25(19(18)26)14-8-6-5-7-9-14/h5-9,26H,21H2,1-4H3. The van der Waals surface area contributed by atoms with E-state index in [1.165, 1.54) is 4.68 Å². The molecule has 3 N–H and O–H groups in total. The number of benzene rings is 2. The van der Waals surface area contributed by atoms with Crippen molar-refractivity contribution in [3.8, 4) is 11.6 Å². The number of rotatable bonds is 3. The van der Waals surface area contributed by atoms with Gasteiger partial charge in [-0.15, -0.1) is 10.2 Å². The average Bonchev–Trinajstić information content (AvgIpc) is 2.93. The largest absolute Gasteiger partial charge is 0.492 e. The molecule has 0 bridgehead atoms. The van der Waals surface area contributed by atoms with Gasteiger partial charge in [0.05, 0.1) is 22.1 Å². The van der Waals surface area contributed by atoms with E-state index in [0.29, 0.717) is 27.8 Å². The molecule has 0 saturated heterocycles. The second-order valence-corrected chi connectivity index (χ2v) is 6.53. The van der Waals surface area contributed by atoms with Gasteiger partial charge >= 0.3 is 0 Å². The number of aryl methyl sites for hydroxylation is 1. The molecule has 1 aromatic heterocycles. The number of azo groups is 1. The highest BCUT2D eigenvalue weighted by atomic mass is 35.5. The fourth-order valence-corrected chi connectivity index (χ4v) is 2.96. The lowest BCUT2D eigenvalue weighted by Crippen LogP contribution is -1.96. The summed E-state index contributed by atoms with van der Waals surface area (Å²) in [6, 6.07) is 9.32. The summed E-state index contributed by atoms with van der Waals surface area (Å²) in [5.74, 6) is -0.0800. The van der Waals surface area contributed by atoms with Crippen LogP contribution in [0.3, 0.4) is 0 Å². The molecule has 1 heterocycles. The van der Waals surface area contributed by atoms with Gasteiger partial charge in [0.2, 0.25) is 5.88 Å². The van der Waals surface area contributed by atoms with Crippen LogP contribution in [0.25, 0.3) is 5.69 Å². The Hall–Kier alpha value is -2.86. The van der Waals surface area contributed by atoms with E-state index in [9.17, 15) is 5.11 Å². The summed E-state index contributed by atoms with van der Waals surface area (Å²) in [5, 5.41) is 23.8. The van der Waals surface area contributed by atoms with Gasteiger partial charge in [-0.05, 0) is 56.5 Å². The zero-order chi connectivity index (χ0) is 19.0. The van der Waals surface area contributed by atoms with Crippen LogP contribution in [0.1, 0.15) is 22.4 Å². The monoisotopic (exact) mass is 369 g/mol. The molecule has 2 aromatic carbocycles. The lowest BCUT2D eigenvalue weighted by Gasteiger charge is -2.13. The van der Waals surface area contributed by atoms with Crippen molar-refractivity contribution in [3.05, 3.63) is 57.7 Å². The number of hydrogen-bond acceptors (Lipinski definition) is 5. The van der Waals surface area contributed by atoms with Crippen LogP contribution in [0.2, 0.25) is 5.02 Å². The molecule has 26 heavy (non-hydrogen) atoms. The predicted molar refractivity (Wildman–Crippen MR) is 104 cm³/mol. The maximum atomic E-state index is 10.5. The molecule has 0 unspecified atom stereocenters. The van der Waals surface area contributed by atoms with E-state index in [-0.39, 0.29) is 5.88 Å². The molecule has 0 aliphatic rings. The number of aromatic nitrogens is 2. The number of nitrogen functional groups attached to an aromatic ring is 1. The number of aromatic hydroxyl groups is 1. The Balaban J connectivity index is 2.08. The summed E-state index contributed by atoms with van der Waals surface area (Å²) in [6.45, 7) is 7.56. The molecule has 0 radical (unpaired) electrons. The molecular weight excluding hydrogens is 350 g/mol. The molecule has 0 saturated carbocycles. The lowest BCUT2D eigenvalue weighted by molar-refractivity contribution is 0.434. The van der Waals surface area contributed by atoms with Gasteiger partial charge in [-0.1, -0.05) is 29.8 Å². The maximum Gasteiger partial charge on any atom is 0.243 e. The second-order valence-electron chi connectivity index (χ2n) is 6.16. The third-order valence-electron chi connectivity index (χ3n) is 4.56. The third kappa shape index (κ3) is 2.93. The Morgan fingerprint density at radius 1 is 0.962 bits per heavy atom. The van der Waals surface area contributed by atoms with Crippen molar-refractivity contribution < 1.29 is 5.11 Å². The predicted octanol–water partition coefficient (Wildman–Crippen LogP) is 5.46. The Morgan fingerprint density at radius 3 is 2.23 bits per heavy atom. The molecule has 0 spiro atoms. The number of halogens is 1. The molecule has 0 fully saturated rings. The minimum absolute atomic E-state index is 0.0800. The average molecular weight is 370 g/mol. The van der Waals surface area contributed by atoms with Gasteiger partial charge in [0.15, 0.2) is 5.69 Å². The van der Waals surface area contributed by atoms with Crippen LogP contribution in [0.4, 0.5) is 17.1 Å². The summed E-state index contributed by atoms with van der Waals surface area (Å²) < 4.78 is 1.42. The Labute approximate surface area is 156 Å². The van der Waals surface area contributed by atoms with Gasteiger partial charge in [-0.25, -0.2) is 0 Å². The van der Waals surface area contributed by atoms with Crippen LogP contribution in [-0.2, 0) is 0 Å². The molecule has 0 amide bonds. The third-order valence-corrected chi connectivity index (χ3v) is 5.04.